The van der Waals surface area contributed by atoms with Crippen LogP contribution >= 0.6 is 27.7 Å². The van der Waals surface area contributed by atoms with Crippen LogP contribution in [0.3, 0.4) is 0 Å². The van der Waals surface area contributed by atoms with Crippen LogP contribution in [-0.4, -0.2) is 35.6 Å². The van der Waals surface area contributed by atoms with E-state index in [9.17, 15) is 14.0 Å². The molecule has 1 amide bonds. The van der Waals surface area contributed by atoms with Gasteiger partial charge in [-0.2, -0.15) is 0 Å². The van der Waals surface area contributed by atoms with Crippen molar-refractivity contribution in [3.63, 3.8) is 0 Å². The predicted molar refractivity (Wildman–Crippen MR) is 143 cm³/mol. The summed E-state index contributed by atoms with van der Waals surface area (Å²) in [4.78, 5) is 31.4. The quantitative estimate of drug-likeness (QED) is 0.238. The third-order valence-corrected chi connectivity index (χ3v) is 6.91. The van der Waals surface area contributed by atoms with Gasteiger partial charge < -0.3 is 9.47 Å². The maximum Gasteiger partial charge on any atom is 0.337 e. The smallest absolute Gasteiger partial charge is 0.337 e. The molecule has 6 nitrogen and oxygen atoms in total. The van der Waals surface area contributed by atoms with Crippen LogP contribution in [0.5, 0.6) is 5.75 Å². The monoisotopic (exact) mass is 568 g/mol. The van der Waals surface area contributed by atoms with Gasteiger partial charge in [0.2, 0.25) is 0 Å². The fraction of sp³-hybridized carbons (Fsp3) is 0.148. The minimum atomic E-state index is -0.418. The zero-order valence-electron chi connectivity index (χ0n) is 19.5. The number of aliphatic imine (C=N–C) groups is 1. The van der Waals surface area contributed by atoms with Crippen molar-refractivity contribution in [3.8, 4) is 5.75 Å². The van der Waals surface area contributed by atoms with E-state index < -0.39 is 5.97 Å². The van der Waals surface area contributed by atoms with Gasteiger partial charge in [-0.1, -0.05) is 18.2 Å². The van der Waals surface area contributed by atoms with E-state index in [0.29, 0.717) is 40.2 Å². The molecule has 1 aliphatic rings. The van der Waals surface area contributed by atoms with Crippen molar-refractivity contribution >= 4 is 56.5 Å². The number of likely N-dealkylation sites (N-methyl/N-ethyl adjacent to an activating group) is 1. The van der Waals surface area contributed by atoms with Crippen LogP contribution in [0, 0.1) is 5.82 Å². The summed E-state index contributed by atoms with van der Waals surface area (Å²) in [5, 5.41) is 0.567. The molecule has 36 heavy (non-hydrogen) atoms. The number of benzene rings is 3. The van der Waals surface area contributed by atoms with Crippen LogP contribution in [0.2, 0.25) is 0 Å². The van der Waals surface area contributed by atoms with Crippen molar-refractivity contribution in [2.45, 2.75) is 13.5 Å². The molecule has 0 saturated carbocycles. The highest BCUT2D eigenvalue weighted by Gasteiger charge is 2.32. The van der Waals surface area contributed by atoms with Crippen molar-refractivity contribution in [3.05, 3.63) is 98.6 Å². The minimum Gasteiger partial charge on any atom is -0.488 e. The number of methoxy groups -OCH3 is 1. The van der Waals surface area contributed by atoms with Gasteiger partial charge in [-0.05, 0) is 100 Å². The average molecular weight is 569 g/mol. The van der Waals surface area contributed by atoms with Crippen LogP contribution in [0.25, 0.3) is 6.08 Å². The van der Waals surface area contributed by atoms with E-state index in [1.54, 1.807) is 41.3 Å². The lowest BCUT2D eigenvalue weighted by Gasteiger charge is -2.12. The maximum atomic E-state index is 13.1. The summed E-state index contributed by atoms with van der Waals surface area (Å²) in [6.07, 6.45) is 1.81. The number of amides is 1. The van der Waals surface area contributed by atoms with Gasteiger partial charge >= 0.3 is 5.97 Å². The number of carbonyl (C=O) groups excluding carboxylic acids is 2. The summed E-state index contributed by atoms with van der Waals surface area (Å²) in [5.74, 6) is -0.194. The molecule has 1 fully saturated rings. The Balaban J connectivity index is 1.49. The first-order valence-corrected chi connectivity index (χ1v) is 12.6. The molecule has 0 N–H and O–H groups in total. The van der Waals surface area contributed by atoms with Crippen molar-refractivity contribution < 1.29 is 23.5 Å². The molecular weight excluding hydrogens is 547 g/mol. The summed E-state index contributed by atoms with van der Waals surface area (Å²) in [5.41, 5.74) is 2.74. The average Bonchev–Trinajstić information content (AvgIpc) is 3.17. The molecule has 3 aromatic carbocycles. The number of hydrogen-bond donors (Lipinski definition) is 0. The fourth-order valence-corrected chi connectivity index (χ4v) is 4.96. The van der Waals surface area contributed by atoms with Gasteiger partial charge in [-0.25, -0.2) is 14.2 Å². The molecule has 184 valence electrons. The maximum absolute atomic E-state index is 13.1. The number of hydrogen-bond acceptors (Lipinski definition) is 6. The second-order valence-corrected chi connectivity index (χ2v) is 9.56. The normalized spacial score (nSPS) is 15.6. The first kappa shape index (κ1) is 25.7. The Morgan fingerprint density at radius 1 is 1.11 bits per heavy atom. The Morgan fingerprint density at radius 2 is 1.83 bits per heavy atom. The Bertz CT molecular complexity index is 1340. The third-order valence-electron chi connectivity index (χ3n) is 5.28. The summed E-state index contributed by atoms with van der Waals surface area (Å²) in [7, 11) is 1.33. The lowest BCUT2D eigenvalue weighted by Crippen LogP contribution is -2.28. The third kappa shape index (κ3) is 6.03. The molecule has 0 radical (unpaired) electrons. The van der Waals surface area contributed by atoms with E-state index in [0.717, 1.165) is 15.6 Å². The molecule has 0 spiro atoms. The Morgan fingerprint density at radius 3 is 2.47 bits per heavy atom. The van der Waals surface area contributed by atoms with Gasteiger partial charge in [0.15, 0.2) is 5.17 Å². The summed E-state index contributed by atoms with van der Waals surface area (Å²) >= 11 is 4.82. The lowest BCUT2D eigenvalue weighted by atomic mass is 10.2. The lowest BCUT2D eigenvalue weighted by molar-refractivity contribution is -0.122. The number of thioether (sulfide) groups is 1. The molecule has 0 atom stereocenters. The second kappa shape index (κ2) is 11.5. The van der Waals surface area contributed by atoms with Crippen LogP contribution in [-0.2, 0) is 16.1 Å². The molecule has 3 aromatic rings. The zero-order chi connectivity index (χ0) is 25.7. The van der Waals surface area contributed by atoms with Gasteiger partial charge in [-0.15, -0.1) is 0 Å². The molecule has 0 unspecified atom stereocenters. The Kier molecular flexibility index (Phi) is 8.22. The molecular formula is C27H22BrFN2O4S. The first-order chi connectivity index (χ1) is 17.4. The van der Waals surface area contributed by atoms with Gasteiger partial charge in [-0.3, -0.25) is 9.69 Å². The molecule has 1 aliphatic heterocycles. The van der Waals surface area contributed by atoms with Gasteiger partial charge in [0, 0.05) is 6.54 Å². The van der Waals surface area contributed by atoms with Crippen molar-refractivity contribution in [2.75, 3.05) is 13.7 Å². The molecule has 0 bridgehead atoms. The number of esters is 1. The van der Waals surface area contributed by atoms with E-state index >= 15 is 0 Å². The van der Waals surface area contributed by atoms with Crippen LogP contribution in [0.1, 0.15) is 28.4 Å². The highest BCUT2D eigenvalue weighted by Crippen LogP contribution is 2.35. The van der Waals surface area contributed by atoms with E-state index in [1.165, 1.54) is 31.0 Å². The largest absolute Gasteiger partial charge is 0.488 e. The molecule has 0 aliphatic carbocycles. The SMILES string of the molecule is CCN1C(=O)/C(=C\c2ccc(OCc3ccc(F)cc3)c(Br)c2)SC1=Nc1ccc(C(=O)OC)cc1. The van der Waals surface area contributed by atoms with Gasteiger partial charge in [0.05, 0.1) is 27.7 Å². The van der Waals surface area contributed by atoms with E-state index in [-0.39, 0.29) is 11.7 Å². The first-order valence-electron chi connectivity index (χ1n) is 11.0. The predicted octanol–water partition coefficient (Wildman–Crippen LogP) is 6.58. The number of carbonyl (C=O) groups is 2. The minimum absolute atomic E-state index is 0.125. The fourth-order valence-electron chi connectivity index (χ4n) is 3.39. The van der Waals surface area contributed by atoms with Gasteiger partial charge in [0.25, 0.3) is 5.91 Å². The number of nitrogens with zero attached hydrogens (tertiary/aromatic N) is 2. The number of amidine groups is 1. The highest BCUT2D eigenvalue weighted by molar-refractivity contribution is 9.10. The van der Waals surface area contributed by atoms with Gasteiger partial charge in [0.1, 0.15) is 18.2 Å². The zero-order valence-corrected chi connectivity index (χ0v) is 21.9. The summed E-state index contributed by atoms with van der Waals surface area (Å²) in [6.45, 7) is 2.67. The topological polar surface area (TPSA) is 68.2 Å². The van der Waals surface area contributed by atoms with Crippen LogP contribution in [0.4, 0.5) is 10.1 Å². The van der Waals surface area contributed by atoms with E-state index in [1.807, 2.05) is 31.2 Å². The number of ether oxygens (including phenoxy) is 2. The molecule has 0 aromatic heterocycles. The van der Waals surface area contributed by atoms with Crippen molar-refractivity contribution in [1.82, 2.24) is 4.90 Å². The van der Waals surface area contributed by atoms with E-state index in [2.05, 4.69) is 20.9 Å². The molecule has 1 saturated heterocycles. The summed E-state index contributed by atoms with van der Waals surface area (Å²) < 4.78 is 24.4. The van der Waals surface area contributed by atoms with Crippen LogP contribution < -0.4 is 4.74 Å². The number of rotatable bonds is 7. The molecule has 4 rings (SSSR count). The van der Waals surface area contributed by atoms with Crippen LogP contribution in [0.15, 0.2) is 81.1 Å². The molecule has 9 heteroatoms. The Hall–Kier alpha value is -3.43. The second-order valence-electron chi connectivity index (χ2n) is 7.70. The highest BCUT2D eigenvalue weighted by atomic mass is 79.9. The van der Waals surface area contributed by atoms with Crippen molar-refractivity contribution in [2.24, 2.45) is 4.99 Å². The summed E-state index contributed by atoms with van der Waals surface area (Å²) in [6, 6.07) is 18.4. The Labute approximate surface area is 220 Å². The van der Waals surface area contributed by atoms with E-state index in [4.69, 9.17) is 9.47 Å². The molecule has 1 heterocycles. The number of halogens is 2. The van der Waals surface area contributed by atoms with Crippen molar-refractivity contribution in [1.29, 1.82) is 0 Å². The standard InChI is InChI=1S/C27H22BrFN2O4S/c1-3-31-25(32)24(36-27(31)30-21-11-7-19(8-12-21)26(33)34-2)15-18-6-13-23(22(28)14-18)35-16-17-4-9-20(29)10-5-17/h4-15H,3,16H2,1-2H3/b24-15+,30-27?.